The fraction of sp³-hybridized carbons (Fsp3) is 0.588. The van der Waals surface area contributed by atoms with Crippen molar-refractivity contribution in [3.8, 4) is 5.75 Å². The van der Waals surface area contributed by atoms with E-state index in [-0.39, 0.29) is 17.6 Å². The summed E-state index contributed by atoms with van der Waals surface area (Å²) in [6.07, 6.45) is 4.42. The Hall–Kier alpha value is -2.15. The topological polar surface area (TPSA) is 73.5 Å². The van der Waals surface area contributed by atoms with Gasteiger partial charge < -0.3 is 18.9 Å². The summed E-state index contributed by atoms with van der Waals surface area (Å²) in [4.78, 5) is 10.7. The molecule has 1 fully saturated rings. The van der Waals surface area contributed by atoms with Crippen LogP contribution in [-0.2, 0) is 10.2 Å². The second kappa shape index (κ2) is 6.76. The molecule has 0 radical (unpaired) electrons. The van der Waals surface area contributed by atoms with Gasteiger partial charge in [0.25, 0.3) is 5.95 Å². The summed E-state index contributed by atoms with van der Waals surface area (Å²) in [6.45, 7) is 7.39. The average Bonchev–Trinajstić information content (AvgIpc) is 3.20. The van der Waals surface area contributed by atoms with E-state index in [1.54, 1.807) is 19.5 Å². The second-order valence-corrected chi connectivity index (χ2v) is 7.05. The molecule has 0 spiro atoms. The molecule has 3 heterocycles. The van der Waals surface area contributed by atoms with Crippen molar-refractivity contribution in [1.29, 1.82) is 0 Å². The van der Waals surface area contributed by atoms with Crippen molar-refractivity contribution in [2.75, 3.05) is 25.2 Å². The quantitative estimate of drug-likeness (QED) is 0.832. The van der Waals surface area contributed by atoms with Gasteiger partial charge in [-0.25, -0.2) is 0 Å². The van der Waals surface area contributed by atoms with E-state index in [0.717, 1.165) is 18.7 Å². The van der Waals surface area contributed by atoms with E-state index < -0.39 is 0 Å². The summed E-state index contributed by atoms with van der Waals surface area (Å²) in [5, 5.41) is 4.15. The molecule has 2 aromatic heterocycles. The molecule has 0 N–H and O–H groups in total. The van der Waals surface area contributed by atoms with Gasteiger partial charge in [0.05, 0.1) is 18.3 Å². The highest BCUT2D eigenvalue weighted by molar-refractivity contribution is 5.34. The Labute approximate surface area is 142 Å². The molecular formula is C17H24N4O3. The van der Waals surface area contributed by atoms with E-state index in [0.29, 0.717) is 18.4 Å². The monoisotopic (exact) mass is 332 g/mol. The van der Waals surface area contributed by atoms with Crippen LogP contribution in [0.5, 0.6) is 5.75 Å². The van der Waals surface area contributed by atoms with E-state index >= 15 is 0 Å². The molecule has 0 saturated carbocycles. The normalized spacial score (nSPS) is 21.2. The predicted molar refractivity (Wildman–Crippen MR) is 89.3 cm³/mol. The number of nitrogens with zero attached hydrogens (tertiary/aromatic N) is 4. The molecule has 1 aliphatic heterocycles. The standard InChI is InChI=1S/C17H24N4O3/c1-17(2,3)15-19-16(20-24-15)21-10-14(22-4)8-12(21)11-23-13-6-5-7-18-9-13/h5-7,9,12,14H,8,10-11H2,1-4H3/t12-,14+/m0/s1. The van der Waals surface area contributed by atoms with Crippen LogP contribution in [0.4, 0.5) is 5.95 Å². The molecule has 130 valence electrons. The van der Waals surface area contributed by atoms with Crippen molar-refractivity contribution in [2.45, 2.75) is 44.8 Å². The summed E-state index contributed by atoms with van der Waals surface area (Å²) < 4.78 is 16.8. The molecule has 7 heteroatoms. The zero-order valence-corrected chi connectivity index (χ0v) is 14.6. The van der Waals surface area contributed by atoms with Gasteiger partial charge in [0, 0.05) is 25.3 Å². The van der Waals surface area contributed by atoms with Crippen LogP contribution in [0.3, 0.4) is 0 Å². The molecule has 24 heavy (non-hydrogen) atoms. The van der Waals surface area contributed by atoms with Gasteiger partial charge >= 0.3 is 0 Å². The van der Waals surface area contributed by atoms with Gasteiger partial charge in [0.1, 0.15) is 12.4 Å². The maximum atomic E-state index is 5.86. The highest BCUT2D eigenvalue weighted by atomic mass is 16.5. The van der Waals surface area contributed by atoms with Gasteiger partial charge in [-0.1, -0.05) is 20.8 Å². The van der Waals surface area contributed by atoms with E-state index in [4.69, 9.17) is 14.0 Å². The summed E-state index contributed by atoms with van der Waals surface area (Å²) in [5.74, 6) is 1.98. The van der Waals surface area contributed by atoms with Gasteiger partial charge in [0.15, 0.2) is 0 Å². The minimum absolute atomic E-state index is 0.126. The van der Waals surface area contributed by atoms with E-state index in [1.807, 2.05) is 12.1 Å². The number of rotatable bonds is 5. The molecular weight excluding hydrogens is 308 g/mol. The molecule has 0 unspecified atom stereocenters. The van der Waals surface area contributed by atoms with Crippen LogP contribution >= 0.6 is 0 Å². The number of hydrogen-bond acceptors (Lipinski definition) is 7. The van der Waals surface area contributed by atoms with Crippen LogP contribution in [0.15, 0.2) is 29.0 Å². The number of ether oxygens (including phenoxy) is 2. The van der Waals surface area contributed by atoms with Crippen molar-refractivity contribution in [3.63, 3.8) is 0 Å². The SMILES string of the molecule is CO[C@@H]1C[C@@H](COc2cccnc2)N(c2noc(C(C)(C)C)n2)C1. The maximum absolute atomic E-state index is 5.86. The lowest BCUT2D eigenvalue weighted by molar-refractivity contribution is 0.115. The molecule has 0 bridgehead atoms. The first-order valence-corrected chi connectivity index (χ1v) is 8.14. The van der Waals surface area contributed by atoms with Crippen molar-refractivity contribution in [1.82, 2.24) is 15.1 Å². The molecule has 0 amide bonds. The summed E-state index contributed by atoms with van der Waals surface area (Å²) >= 11 is 0. The van der Waals surface area contributed by atoms with Crippen LogP contribution < -0.4 is 9.64 Å². The molecule has 1 saturated heterocycles. The van der Waals surface area contributed by atoms with E-state index in [9.17, 15) is 0 Å². The van der Waals surface area contributed by atoms with Crippen LogP contribution in [0.25, 0.3) is 0 Å². The fourth-order valence-electron chi connectivity index (χ4n) is 2.71. The summed E-state index contributed by atoms with van der Waals surface area (Å²) in [5.41, 5.74) is -0.173. The molecule has 1 aliphatic rings. The van der Waals surface area contributed by atoms with Crippen LogP contribution in [0, 0.1) is 0 Å². The van der Waals surface area contributed by atoms with Crippen LogP contribution in [0.1, 0.15) is 33.1 Å². The van der Waals surface area contributed by atoms with Gasteiger partial charge in [-0.15, -0.1) is 0 Å². The lowest BCUT2D eigenvalue weighted by atomic mass is 9.97. The fourth-order valence-corrected chi connectivity index (χ4v) is 2.71. The van der Waals surface area contributed by atoms with Gasteiger partial charge in [-0.2, -0.15) is 4.98 Å². The van der Waals surface area contributed by atoms with Gasteiger partial charge in [0.2, 0.25) is 5.89 Å². The van der Waals surface area contributed by atoms with E-state index in [2.05, 4.69) is 40.8 Å². The summed E-state index contributed by atoms with van der Waals surface area (Å²) in [7, 11) is 1.73. The third-order valence-electron chi connectivity index (χ3n) is 4.10. The molecule has 0 aliphatic carbocycles. The number of methoxy groups -OCH3 is 1. The number of pyridine rings is 1. The smallest absolute Gasteiger partial charge is 0.266 e. The predicted octanol–water partition coefficient (Wildman–Crippen LogP) is 2.43. The Morgan fingerprint density at radius 3 is 2.83 bits per heavy atom. The van der Waals surface area contributed by atoms with Gasteiger partial charge in [-0.05, 0) is 23.7 Å². The molecule has 0 aromatic carbocycles. The lowest BCUT2D eigenvalue weighted by Gasteiger charge is -2.22. The minimum Gasteiger partial charge on any atom is -0.490 e. The van der Waals surface area contributed by atoms with E-state index in [1.165, 1.54) is 0 Å². The lowest BCUT2D eigenvalue weighted by Crippen LogP contribution is -2.35. The highest BCUT2D eigenvalue weighted by Gasteiger charge is 2.36. The largest absolute Gasteiger partial charge is 0.490 e. The third-order valence-corrected chi connectivity index (χ3v) is 4.10. The Balaban J connectivity index is 1.73. The molecule has 2 aromatic rings. The number of anilines is 1. The maximum Gasteiger partial charge on any atom is 0.266 e. The zero-order chi connectivity index (χ0) is 17.2. The Bertz CT molecular complexity index is 653. The second-order valence-electron chi connectivity index (χ2n) is 7.05. The first-order valence-electron chi connectivity index (χ1n) is 8.14. The number of hydrogen-bond donors (Lipinski definition) is 0. The van der Waals surface area contributed by atoms with Crippen molar-refractivity contribution in [3.05, 3.63) is 30.4 Å². The van der Waals surface area contributed by atoms with Crippen LogP contribution in [0.2, 0.25) is 0 Å². The Morgan fingerprint density at radius 1 is 1.38 bits per heavy atom. The van der Waals surface area contributed by atoms with Crippen molar-refractivity contribution >= 4 is 5.95 Å². The minimum atomic E-state index is -0.173. The highest BCUT2D eigenvalue weighted by Crippen LogP contribution is 2.28. The summed E-state index contributed by atoms with van der Waals surface area (Å²) in [6, 6.07) is 3.88. The average molecular weight is 332 g/mol. The van der Waals surface area contributed by atoms with Crippen LogP contribution in [-0.4, -0.2) is 47.5 Å². The zero-order valence-electron chi connectivity index (χ0n) is 14.6. The van der Waals surface area contributed by atoms with Gasteiger partial charge in [-0.3, -0.25) is 4.98 Å². The first kappa shape index (κ1) is 16.7. The number of aromatic nitrogens is 3. The third kappa shape index (κ3) is 3.67. The molecule has 7 nitrogen and oxygen atoms in total. The molecule has 2 atom stereocenters. The Morgan fingerprint density at radius 2 is 2.21 bits per heavy atom. The van der Waals surface area contributed by atoms with Crippen molar-refractivity contribution < 1.29 is 14.0 Å². The first-order chi connectivity index (χ1) is 11.5. The van der Waals surface area contributed by atoms with Crippen molar-refractivity contribution in [2.24, 2.45) is 0 Å². The molecule has 3 rings (SSSR count). The Kier molecular flexibility index (Phi) is 4.71.